The van der Waals surface area contributed by atoms with Gasteiger partial charge < -0.3 is 5.32 Å². The van der Waals surface area contributed by atoms with Crippen molar-refractivity contribution in [1.82, 2.24) is 0 Å². The molecule has 0 fully saturated rings. The second-order valence-corrected chi connectivity index (χ2v) is 6.80. The van der Waals surface area contributed by atoms with Crippen molar-refractivity contribution < 1.29 is 13.2 Å². The Hall–Kier alpha value is -1.86. The molecular weight excluding hydrogens is 356 g/mol. The van der Waals surface area contributed by atoms with Crippen LogP contribution in [0.25, 0.3) is 0 Å². The van der Waals surface area contributed by atoms with Crippen LogP contribution in [0.4, 0.5) is 11.4 Å². The molecule has 0 aliphatic heterocycles. The molecule has 5 nitrogen and oxygen atoms in total. The molecule has 0 saturated heterocycles. The molecule has 0 bridgehead atoms. The maximum absolute atomic E-state index is 12.3. The van der Waals surface area contributed by atoms with E-state index in [2.05, 4.69) is 26.0 Å². The van der Waals surface area contributed by atoms with Gasteiger partial charge in [0, 0.05) is 17.1 Å². The van der Waals surface area contributed by atoms with Crippen LogP contribution in [-0.2, 0) is 14.8 Å². The molecule has 2 rings (SSSR count). The summed E-state index contributed by atoms with van der Waals surface area (Å²) in [5, 5.41) is 2.60. The van der Waals surface area contributed by atoms with E-state index in [0.717, 1.165) is 0 Å². The maximum Gasteiger partial charge on any atom is 0.263 e. The van der Waals surface area contributed by atoms with Crippen molar-refractivity contribution in [3.05, 3.63) is 53.0 Å². The molecular formula is C14H13BrN2O3S. The Morgan fingerprint density at radius 3 is 2.38 bits per heavy atom. The van der Waals surface area contributed by atoms with Crippen molar-refractivity contribution in [3.63, 3.8) is 0 Å². The molecule has 0 heterocycles. The summed E-state index contributed by atoms with van der Waals surface area (Å²) >= 11 is 3.22. The summed E-state index contributed by atoms with van der Waals surface area (Å²) in [6.07, 6.45) is 0. The number of nitrogens with one attached hydrogen (secondary N) is 2. The van der Waals surface area contributed by atoms with Crippen LogP contribution in [-0.4, -0.2) is 14.3 Å². The van der Waals surface area contributed by atoms with Gasteiger partial charge in [-0.1, -0.05) is 18.2 Å². The summed E-state index contributed by atoms with van der Waals surface area (Å²) in [7, 11) is -3.70. The minimum atomic E-state index is -3.70. The maximum atomic E-state index is 12.3. The van der Waals surface area contributed by atoms with Crippen LogP contribution >= 0.6 is 15.9 Å². The topological polar surface area (TPSA) is 75.3 Å². The third-order valence-electron chi connectivity index (χ3n) is 2.56. The van der Waals surface area contributed by atoms with Gasteiger partial charge in [-0.2, -0.15) is 0 Å². The monoisotopic (exact) mass is 368 g/mol. The van der Waals surface area contributed by atoms with E-state index in [1.54, 1.807) is 42.5 Å². The van der Waals surface area contributed by atoms with Gasteiger partial charge in [0.1, 0.15) is 4.90 Å². The number of rotatable bonds is 4. The van der Waals surface area contributed by atoms with Crippen molar-refractivity contribution in [2.45, 2.75) is 11.8 Å². The smallest absolute Gasteiger partial charge is 0.263 e. The Kier molecular flexibility index (Phi) is 4.64. The zero-order valence-corrected chi connectivity index (χ0v) is 13.5. The number of halogens is 1. The Balaban J connectivity index is 2.29. The number of hydrogen-bond donors (Lipinski definition) is 2. The van der Waals surface area contributed by atoms with E-state index in [0.29, 0.717) is 15.8 Å². The fourth-order valence-electron chi connectivity index (χ4n) is 1.74. The average Bonchev–Trinajstić information content (AvgIpc) is 2.38. The van der Waals surface area contributed by atoms with Crippen molar-refractivity contribution in [3.8, 4) is 0 Å². The molecule has 0 aliphatic carbocycles. The van der Waals surface area contributed by atoms with E-state index in [9.17, 15) is 13.2 Å². The van der Waals surface area contributed by atoms with Crippen LogP contribution in [0.1, 0.15) is 6.92 Å². The van der Waals surface area contributed by atoms with E-state index in [4.69, 9.17) is 0 Å². The number of hydrogen-bond acceptors (Lipinski definition) is 3. The number of benzene rings is 2. The van der Waals surface area contributed by atoms with Gasteiger partial charge in [-0.25, -0.2) is 8.42 Å². The molecule has 7 heteroatoms. The number of carbonyl (C=O) groups is 1. The summed E-state index contributed by atoms with van der Waals surface area (Å²) in [6.45, 7) is 1.39. The second-order valence-electron chi connectivity index (χ2n) is 4.30. The largest absolute Gasteiger partial charge is 0.326 e. The van der Waals surface area contributed by atoms with Gasteiger partial charge in [-0.05, 0) is 46.3 Å². The molecule has 0 spiro atoms. The quantitative estimate of drug-likeness (QED) is 0.869. The first-order valence-corrected chi connectivity index (χ1v) is 8.31. The van der Waals surface area contributed by atoms with Crippen molar-refractivity contribution >= 4 is 43.2 Å². The lowest BCUT2D eigenvalue weighted by Gasteiger charge is -2.10. The molecule has 0 atom stereocenters. The van der Waals surface area contributed by atoms with Crippen LogP contribution in [0.15, 0.2) is 57.9 Å². The third-order valence-corrected chi connectivity index (χ3v) is 4.95. The summed E-state index contributed by atoms with van der Waals surface area (Å²) in [6, 6.07) is 13.0. The number of carbonyl (C=O) groups excluding carboxylic acids is 1. The Morgan fingerprint density at radius 2 is 1.71 bits per heavy atom. The van der Waals surface area contributed by atoms with Gasteiger partial charge in [0.05, 0.1) is 5.69 Å². The Morgan fingerprint density at radius 1 is 1.05 bits per heavy atom. The highest BCUT2D eigenvalue weighted by molar-refractivity contribution is 9.10. The first-order chi connectivity index (χ1) is 9.88. The molecule has 0 unspecified atom stereocenters. The van der Waals surface area contributed by atoms with E-state index in [1.807, 2.05) is 0 Å². The Bertz CT molecular complexity index is 775. The Labute approximate surface area is 131 Å². The predicted molar refractivity (Wildman–Crippen MR) is 85.7 cm³/mol. The molecule has 2 N–H and O–H groups in total. The lowest BCUT2D eigenvalue weighted by atomic mass is 10.3. The second kappa shape index (κ2) is 6.28. The lowest BCUT2D eigenvalue weighted by Crippen LogP contribution is -2.14. The zero-order valence-electron chi connectivity index (χ0n) is 11.1. The van der Waals surface area contributed by atoms with E-state index >= 15 is 0 Å². The van der Waals surface area contributed by atoms with E-state index < -0.39 is 10.0 Å². The molecule has 0 radical (unpaired) electrons. The van der Waals surface area contributed by atoms with Crippen LogP contribution < -0.4 is 10.0 Å². The fraction of sp³-hybridized carbons (Fsp3) is 0.0714. The number of amides is 1. The predicted octanol–water partition coefficient (Wildman–Crippen LogP) is 3.21. The highest BCUT2D eigenvalue weighted by Gasteiger charge is 2.17. The molecule has 2 aromatic rings. The molecule has 0 aromatic heterocycles. The van der Waals surface area contributed by atoms with E-state index in [1.165, 1.54) is 13.0 Å². The summed E-state index contributed by atoms with van der Waals surface area (Å²) in [4.78, 5) is 11.2. The molecule has 21 heavy (non-hydrogen) atoms. The molecule has 0 aliphatic rings. The SMILES string of the molecule is CC(=O)Nc1cccc(NS(=O)(=O)c2ccccc2Br)c1. The first-order valence-electron chi connectivity index (χ1n) is 6.03. The van der Waals surface area contributed by atoms with Crippen LogP contribution in [0.3, 0.4) is 0 Å². The molecule has 1 amide bonds. The van der Waals surface area contributed by atoms with Crippen LogP contribution in [0.2, 0.25) is 0 Å². The van der Waals surface area contributed by atoms with Gasteiger partial charge in [0.25, 0.3) is 10.0 Å². The highest BCUT2D eigenvalue weighted by Crippen LogP contribution is 2.24. The minimum absolute atomic E-state index is 0.148. The fourth-order valence-corrected chi connectivity index (χ4v) is 3.79. The minimum Gasteiger partial charge on any atom is -0.326 e. The van der Waals surface area contributed by atoms with Gasteiger partial charge in [-0.15, -0.1) is 0 Å². The first kappa shape index (κ1) is 15.5. The summed E-state index contributed by atoms with van der Waals surface area (Å²) in [5.74, 6) is -0.221. The van der Waals surface area contributed by atoms with Gasteiger partial charge >= 0.3 is 0 Å². The lowest BCUT2D eigenvalue weighted by molar-refractivity contribution is -0.114. The summed E-state index contributed by atoms with van der Waals surface area (Å²) in [5.41, 5.74) is 0.895. The van der Waals surface area contributed by atoms with Crippen molar-refractivity contribution in [1.29, 1.82) is 0 Å². The standard InChI is InChI=1S/C14H13BrN2O3S/c1-10(18)16-11-5-4-6-12(9-11)17-21(19,20)14-8-3-2-7-13(14)15/h2-9,17H,1H3,(H,16,18). The summed E-state index contributed by atoms with van der Waals surface area (Å²) < 4.78 is 27.6. The molecule has 110 valence electrons. The van der Waals surface area contributed by atoms with E-state index in [-0.39, 0.29) is 10.8 Å². The van der Waals surface area contributed by atoms with Gasteiger partial charge in [0.15, 0.2) is 0 Å². The number of sulfonamides is 1. The van der Waals surface area contributed by atoms with Gasteiger partial charge in [-0.3, -0.25) is 9.52 Å². The van der Waals surface area contributed by atoms with Crippen LogP contribution in [0.5, 0.6) is 0 Å². The van der Waals surface area contributed by atoms with Crippen molar-refractivity contribution in [2.24, 2.45) is 0 Å². The third kappa shape index (κ3) is 4.05. The highest BCUT2D eigenvalue weighted by atomic mass is 79.9. The molecule has 2 aromatic carbocycles. The normalized spacial score (nSPS) is 11.0. The van der Waals surface area contributed by atoms with Crippen LogP contribution in [0, 0.1) is 0 Å². The van der Waals surface area contributed by atoms with Crippen molar-refractivity contribution in [2.75, 3.05) is 10.0 Å². The molecule has 0 saturated carbocycles. The zero-order chi connectivity index (χ0) is 15.5. The number of anilines is 2. The average molecular weight is 369 g/mol. The van der Waals surface area contributed by atoms with Gasteiger partial charge in [0.2, 0.25) is 5.91 Å².